The Kier molecular flexibility index (Phi) is 6.63. The number of aromatic nitrogens is 2. The van der Waals surface area contributed by atoms with Gasteiger partial charge in [0.05, 0.1) is 17.3 Å². The molecular formula is C19H29BrN4O. The van der Waals surface area contributed by atoms with Crippen molar-refractivity contribution >= 4 is 27.4 Å². The maximum absolute atomic E-state index is 11.2. The lowest BCUT2D eigenvalue weighted by molar-refractivity contribution is -0.120. The zero-order valence-electron chi connectivity index (χ0n) is 15.8. The van der Waals surface area contributed by atoms with Crippen LogP contribution in [0.3, 0.4) is 0 Å². The number of carbonyl (C=O) groups excluding carboxylic acids is 1. The van der Waals surface area contributed by atoms with Crippen LogP contribution >= 0.6 is 15.9 Å². The SMILES string of the molecule is CC(=O)NC(C)(C)c1ncc2c(Br)cccn12.CNCC1CC(C)C1. The van der Waals surface area contributed by atoms with Crippen LogP contribution in [0.4, 0.5) is 0 Å². The Hall–Kier alpha value is -1.40. The smallest absolute Gasteiger partial charge is 0.217 e. The van der Waals surface area contributed by atoms with E-state index in [1.807, 2.05) is 43.6 Å². The summed E-state index contributed by atoms with van der Waals surface area (Å²) in [5, 5.41) is 6.09. The highest BCUT2D eigenvalue weighted by Crippen LogP contribution is 2.31. The number of fused-ring (bicyclic) bond motifs is 1. The van der Waals surface area contributed by atoms with Gasteiger partial charge in [-0.3, -0.25) is 4.79 Å². The molecule has 0 aliphatic heterocycles. The van der Waals surface area contributed by atoms with Crippen molar-refractivity contribution in [3.05, 3.63) is 34.8 Å². The fourth-order valence-corrected chi connectivity index (χ4v) is 3.92. The van der Waals surface area contributed by atoms with Crippen LogP contribution in [0.1, 0.15) is 46.4 Å². The maximum atomic E-state index is 11.2. The third-order valence-electron chi connectivity index (χ3n) is 4.53. The summed E-state index contributed by atoms with van der Waals surface area (Å²) < 4.78 is 2.96. The predicted octanol–water partition coefficient (Wildman–Crippen LogP) is 3.72. The van der Waals surface area contributed by atoms with Crippen molar-refractivity contribution in [1.82, 2.24) is 20.0 Å². The highest BCUT2D eigenvalue weighted by atomic mass is 79.9. The number of amides is 1. The Bertz CT molecular complexity index is 717. The standard InChI is InChI=1S/C12H14BrN3O.C7H15N/c1-8(17)15-12(2,3)11-14-7-10-9(13)5-4-6-16(10)11;1-6-3-7(4-6)5-8-2/h4-7H,1-3H3,(H,15,17);6-8H,3-5H2,1-2H3. The van der Waals surface area contributed by atoms with E-state index in [1.54, 1.807) is 6.20 Å². The van der Waals surface area contributed by atoms with Crippen molar-refractivity contribution in [2.24, 2.45) is 11.8 Å². The summed E-state index contributed by atoms with van der Waals surface area (Å²) in [7, 11) is 2.03. The number of carbonyl (C=O) groups is 1. The molecule has 1 aliphatic carbocycles. The Morgan fingerprint density at radius 1 is 1.44 bits per heavy atom. The van der Waals surface area contributed by atoms with Gasteiger partial charge in [-0.1, -0.05) is 6.92 Å². The minimum absolute atomic E-state index is 0.0678. The molecule has 0 unspecified atom stereocenters. The summed E-state index contributed by atoms with van der Waals surface area (Å²) in [4.78, 5) is 15.6. The first-order valence-electron chi connectivity index (χ1n) is 8.80. The van der Waals surface area contributed by atoms with E-state index in [-0.39, 0.29) is 5.91 Å². The maximum Gasteiger partial charge on any atom is 0.217 e. The third-order valence-corrected chi connectivity index (χ3v) is 5.20. The van der Waals surface area contributed by atoms with Gasteiger partial charge in [0, 0.05) is 17.6 Å². The van der Waals surface area contributed by atoms with Crippen molar-refractivity contribution in [1.29, 1.82) is 0 Å². The second-order valence-corrected chi connectivity index (χ2v) is 8.35. The average Bonchev–Trinajstić information content (AvgIpc) is 2.91. The molecule has 138 valence electrons. The molecule has 5 nitrogen and oxygen atoms in total. The second kappa shape index (κ2) is 8.32. The summed E-state index contributed by atoms with van der Waals surface area (Å²) >= 11 is 3.48. The summed E-state index contributed by atoms with van der Waals surface area (Å²) in [6.07, 6.45) is 6.62. The zero-order chi connectivity index (χ0) is 18.6. The molecule has 1 saturated carbocycles. The quantitative estimate of drug-likeness (QED) is 0.809. The van der Waals surface area contributed by atoms with Gasteiger partial charge in [0.2, 0.25) is 5.91 Å². The number of nitrogens with one attached hydrogen (secondary N) is 2. The molecule has 25 heavy (non-hydrogen) atoms. The molecule has 3 rings (SSSR count). The first-order valence-corrected chi connectivity index (χ1v) is 9.59. The Morgan fingerprint density at radius 2 is 2.12 bits per heavy atom. The molecule has 1 amide bonds. The van der Waals surface area contributed by atoms with E-state index in [4.69, 9.17) is 0 Å². The fraction of sp³-hybridized carbons (Fsp3) is 0.579. The van der Waals surface area contributed by atoms with E-state index in [0.717, 1.165) is 27.6 Å². The van der Waals surface area contributed by atoms with E-state index in [1.165, 1.54) is 26.3 Å². The highest BCUT2D eigenvalue weighted by Gasteiger charge is 2.26. The van der Waals surface area contributed by atoms with Crippen molar-refractivity contribution < 1.29 is 4.79 Å². The Balaban J connectivity index is 0.000000236. The van der Waals surface area contributed by atoms with Gasteiger partial charge in [0.1, 0.15) is 5.82 Å². The number of nitrogens with zero attached hydrogens (tertiary/aromatic N) is 2. The molecule has 6 heteroatoms. The summed E-state index contributed by atoms with van der Waals surface area (Å²) in [5.74, 6) is 2.74. The van der Waals surface area contributed by atoms with Gasteiger partial charge >= 0.3 is 0 Å². The van der Waals surface area contributed by atoms with Crippen molar-refractivity contribution in [3.63, 3.8) is 0 Å². The number of halogens is 1. The van der Waals surface area contributed by atoms with E-state index in [0.29, 0.717) is 0 Å². The van der Waals surface area contributed by atoms with Gasteiger partial charge in [0.25, 0.3) is 0 Å². The normalized spacial score (nSPS) is 19.8. The van der Waals surface area contributed by atoms with Gasteiger partial charge in [-0.25, -0.2) is 4.98 Å². The van der Waals surface area contributed by atoms with Crippen LogP contribution in [0.2, 0.25) is 0 Å². The zero-order valence-corrected chi connectivity index (χ0v) is 17.4. The lowest BCUT2D eigenvalue weighted by Crippen LogP contribution is -2.41. The van der Waals surface area contributed by atoms with E-state index >= 15 is 0 Å². The van der Waals surface area contributed by atoms with Crippen LogP contribution in [0.25, 0.3) is 5.52 Å². The first kappa shape index (κ1) is 19.9. The summed E-state index contributed by atoms with van der Waals surface area (Å²) in [5.41, 5.74) is 0.486. The summed E-state index contributed by atoms with van der Waals surface area (Å²) in [6, 6.07) is 3.90. The van der Waals surface area contributed by atoms with Crippen LogP contribution in [0, 0.1) is 11.8 Å². The molecule has 0 saturated heterocycles. The number of pyridine rings is 1. The second-order valence-electron chi connectivity index (χ2n) is 7.50. The van der Waals surface area contributed by atoms with Gasteiger partial charge in [-0.2, -0.15) is 0 Å². The lowest BCUT2D eigenvalue weighted by Gasteiger charge is -2.32. The molecule has 0 bridgehead atoms. The molecule has 0 atom stereocenters. The fourth-order valence-electron chi connectivity index (χ4n) is 3.47. The third kappa shape index (κ3) is 5.05. The molecule has 1 aliphatic rings. The topological polar surface area (TPSA) is 58.4 Å². The van der Waals surface area contributed by atoms with Gasteiger partial charge in [-0.05, 0) is 80.2 Å². The van der Waals surface area contributed by atoms with Crippen molar-refractivity contribution in [2.45, 2.75) is 46.1 Å². The van der Waals surface area contributed by atoms with Crippen LogP contribution < -0.4 is 10.6 Å². The predicted molar refractivity (Wildman–Crippen MR) is 106 cm³/mol. The van der Waals surface area contributed by atoms with Crippen LogP contribution in [0.15, 0.2) is 29.0 Å². The average molecular weight is 409 g/mol. The van der Waals surface area contributed by atoms with Gasteiger partial charge < -0.3 is 15.0 Å². The molecule has 0 spiro atoms. The summed E-state index contributed by atoms with van der Waals surface area (Å²) in [6.45, 7) is 8.93. The Labute approximate surface area is 158 Å². The van der Waals surface area contributed by atoms with E-state index in [2.05, 4.69) is 38.5 Å². The molecule has 0 aromatic carbocycles. The van der Waals surface area contributed by atoms with Gasteiger partial charge in [0.15, 0.2) is 0 Å². The van der Waals surface area contributed by atoms with Crippen LogP contribution in [-0.4, -0.2) is 28.9 Å². The molecular weight excluding hydrogens is 380 g/mol. The molecule has 2 N–H and O–H groups in total. The van der Waals surface area contributed by atoms with E-state index in [9.17, 15) is 4.79 Å². The molecule has 2 heterocycles. The number of hydrogen-bond donors (Lipinski definition) is 2. The number of hydrogen-bond acceptors (Lipinski definition) is 3. The van der Waals surface area contributed by atoms with Crippen LogP contribution in [0.5, 0.6) is 0 Å². The number of imidazole rings is 1. The van der Waals surface area contributed by atoms with Crippen molar-refractivity contribution in [2.75, 3.05) is 13.6 Å². The minimum atomic E-state index is -0.501. The molecule has 0 radical (unpaired) electrons. The van der Waals surface area contributed by atoms with Gasteiger partial charge in [-0.15, -0.1) is 0 Å². The van der Waals surface area contributed by atoms with Crippen LogP contribution in [-0.2, 0) is 10.3 Å². The first-order chi connectivity index (χ1) is 11.7. The molecule has 1 fully saturated rings. The highest BCUT2D eigenvalue weighted by molar-refractivity contribution is 9.10. The number of rotatable bonds is 4. The minimum Gasteiger partial charge on any atom is -0.344 e. The Morgan fingerprint density at radius 3 is 2.68 bits per heavy atom. The largest absolute Gasteiger partial charge is 0.344 e. The van der Waals surface area contributed by atoms with Crippen molar-refractivity contribution in [3.8, 4) is 0 Å². The molecule has 2 aromatic rings. The monoisotopic (exact) mass is 408 g/mol. The molecule has 2 aromatic heterocycles. The van der Waals surface area contributed by atoms with E-state index < -0.39 is 5.54 Å². The lowest BCUT2D eigenvalue weighted by atomic mass is 9.76.